The monoisotopic (exact) mass is 595 g/mol. The van der Waals surface area contributed by atoms with Crippen LogP contribution in [0.4, 0.5) is 30.5 Å². The summed E-state index contributed by atoms with van der Waals surface area (Å²) in [6, 6.07) is 4.73. The summed E-state index contributed by atoms with van der Waals surface area (Å²) < 4.78 is 45.6. The maximum absolute atomic E-state index is 13.4. The van der Waals surface area contributed by atoms with Gasteiger partial charge in [0.2, 0.25) is 11.9 Å². The average Bonchev–Trinajstić information content (AvgIpc) is 3.42. The van der Waals surface area contributed by atoms with Crippen LogP contribution in [-0.4, -0.2) is 53.2 Å². The maximum Gasteiger partial charge on any atom is 0.418 e. The van der Waals surface area contributed by atoms with E-state index in [1.54, 1.807) is 7.05 Å². The molecule has 1 saturated heterocycles. The number of nitrogens with zero attached hydrogens (tertiary/aromatic N) is 4. The topological polar surface area (TPSA) is 130 Å². The average molecular weight is 596 g/mol. The third-order valence-electron chi connectivity index (χ3n) is 5.96. The van der Waals surface area contributed by atoms with E-state index in [1.165, 1.54) is 43.0 Å². The van der Waals surface area contributed by atoms with Crippen LogP contribution in [-0.2, 0) is 22.3 Å². The van der Waals surface area contributed by atoms with Gasteiger partial charge in [-0.1, -0.05) is 23.2 Å². The second-order valence-electron chi connectivity index (χ2n) is 8.72. The molecule has 1 aliphatic heterocycles. The van der Waals surface area contributed by atoms with Gasteiger partial charge in [-0.2, -0.15) is 13.2 Å². The van der Waals surface area contributed by atoms with Gasteiger partial charge in [-0.05, 0) is 30.7 Å². The number of alkyl halides is 3. The van der Waals surface area contributed by atoms with E-state index < -0.39 is 29.0 Å². The summed E-state index contributed by atoms with van der Waals surface area (Å²) in [6.45, 7) is 0.213. The van der Waals surface area contributed by atoms with Gasteiger partial charge in [0.25, 0.3) is 5.91 Å². The number of anilines is 3. The lowest BCUT2D eigenvalue weighted by atomic mass is 9.87. The molecule has 1 fully saturated rings. The number of hydrogen-bond acceptors (Lipinski definition) is 8. The number of halogens is 5. The second-order valence-corrected chi connectivity index (χ2v) is 9.56. The molecule has 0 unspecified atom stereocenters. The number of pyridine rings is 1. The molecule has 0 aliphatic carbocycles. The zero-order valence-electron chi connectivity index (χ0n) is 20.9. The van der Waals surface area contributed by atoms with Crippen molar-refractivity contribution in [1.82, 2.24) is 20.3 Å². The van der Waals surface area contributed by atoms with Crippen LogP contribution < -0.4 is 16.0 Å². The summed E-state index contributed by atoms with van der Waals surface area (Å²) in [6.07, 6.45) is 0.845. The largest absolute Gasteiger partial charge is 0.418 e. The van der Waals surface area contributed by atoms with Crippen molar-refractivity contribution < 1.29 is 27.5 Å². The molecule has 1 aromatic carbocycles. The Labute approximate surface area is 236 Å². The number of carbonyl (C=O) groups excluding carboxylic acids is 2. The van der Waals surface area contributed by atoms with Crippen molar-refractivity contribution in [3.8, 4) is 0 Å². The standard InChI is InChI=1S/C25H22Cl2F3N7O3/c1-31-23-34-8-14(9-35-23)21(38)36-12-24(4-5-40-13-24)22(39)33-11-20-18(27)7-16(10-32-20)37-19-3-2-15(26)6-17(19)25(28,29)30/h2-3,6-10,12,37H,4-5,11,13H2,1H3,(H,33,39)(H,31,34,35)/t24-/m0/s1. The van der Waals surface area contributed by atoms with Gasteiger partial charge in [-0.15, -0.1) is 0 Å². The number of carbonyl (C=O) groups is 2. The molecule has 0 bridgehead atoms. The molecule has 2 amide bonds. The number of aliphatic imine (C=N–C) groups is 1. The quantitative estimate of drug-likeness (QED) is 0.313. The van der Waals surface area contributed by atoms with E-state index in [0.717, 1.165) is 6.07 Å². The van der Waals surface area contributed by atoms with Crippen LogP contribution in [0.2, 0.25) is 10.0 Å². The molecule has 3 heterocycles. The molecule has 1 aliphatic rings. The Morgan fingerprint density at radius 3 is 2.52 bits per heavy atom. The number of rotatable bonds is 8. The van der Waals surface area contributed by atoms with Crippen molar-refractivity contribution in [2.24, 2.45) is 10.4 Å². The molecule has 0 spiro atoms. The highest BCUT2D eigenvalue weighted by Crippen LogP contribution is 2.38. The fourth-order valence-electron chi connectivity index (χ4n) is 3.76. The minimum atomic E-state index is -4.63. The number of hydrogen-bond donors (Lipinski definition) is 3. The van der Waals surface area contributed by atoms with Crippen molar-refractivity contribution >= 4 is 58.6 Å². The van der Waals surface area contributed by atoms with Crippen molar-refractivity contribution in [2.75, 3.05) is 30.9 Å². The Balaban J connectivity index is 1.43. The van der Waals surface area contributed by atoms with E-state index in [9.17, 15) is 22.8 Å². The van der Waals surface area contributed by atoms with Crippen LogP contribution >= 0.6 is 23.2 Å². The van der Waals surface area contributed by atoms with Gasteiger partial charge in [-0.25, -0.2) is 15.0 Å². The number of aromatic nitrogens is 3. The summed E-state index contributed by atoms with van der Waals surface area (Å²) in [5.41, 5.74) is -1.74. The van der Waals surface area contributed by atoms with Crippen molar-refractivity contribution in [1.29, 1.82) is 0 Å². The third kappa shape index (κ3) is 6.84. The van der Waals surface area contributed by atoms with Crippen LogP contribution in [0.25, 0.3) is 0 Å². The molecule has 0 radical (unpaired) electrons. The smallest absolute Gasteiger partial charge is 0.380 e. The van der Waals surface area contributed by atoms with Crippen molar-refractivity contribution in [2.45, 2.75) is 19.1 Å². The third-order valence-corrected chi connectivity index (χ3v) is 6.52. The number of nitrogens with one attached hydrogen (secondary N) is 3. The Morgan fingerprint density at radius 2 is 1.90 bits per heavy atom. The summed E-state index contributed by atoms with van der Waals surface area (Å²) in [4.78, 5) is 41.6. The van der Waals surface area contributed by atoms with Gasteiger partial charge >= 0.3 is 6.18 Å². The number of ether oxygens (including phenoxy) is 1. The van der Waals surface area contributed by atoms with Crippen LogP contribution in [0.15, 0.2) is 47.8 Å². The van der Waals surface area contributed by atoms with Gasteiger partial charge in [-0.3, -0.25) is 14.6 Å². The molecule has 210 valence electrons. The summed E-state index contributed by atoms with van der Waals surface area (Å²) in [7, 11) is 1.64. The molecular weight excluding hydrogens is 574 g/mol. The summed E-state index contributed by atoms with van der Waals surface area (Å²) in [5, 5.41) is 8.16. The van der Waals surface area contributed by atoms with Crippen LogP contribution in [0, 0.1) is 5.41 Å². The Hall–Kier alpha value is -3.81. The van der Waals surface area contributed by atoms with E-state index in [-0.39, 0.29) is 58.9 Å². The zero-order chi connectivity index (χ0) is 28.9. The predicted molar refractivity (Wildman–Crippen MR) is 143 cm³/mol. The molecular formula is C25H22Cl2F3N7O3. The Morgan fingerprint density at radius 1 is 1.15 bits per heavy atom. The predicted octanol–water partition coefficient (Wildman–Crippen LogP) is 4.92. The molecule has 0 saturated carbocycles. The minimum absolute atomic E-state index is 0.0114. The van der Waals surface area contributed by atoms with Gasteiger partial charge in [0.1, 0.15) is 5.41 Å². The Kier molecular flexibility index (Phi) is 8.86. The fraction of sp³-hybridized carbons (Fsp3) is 0.280. The molecule has 40 heavy (non-hydrogen) atoms. The first-order valence-electron chi connectivity index (χ1n) is 11.7. The minimum Gasteiger partial charge on any atom is -0.380 e. The van der Waals surface area contributed by atoms with Crippen LogP contribution in [0.3, 0.4) is 0 Å². The summed E-state index contributed by atoms with van der Waals surface area (Å²) in [5.74, 6) is -0.740. The highest BCUT2D eigenvalue weighted by atomic mass is 35.5. The Bertz CT molecular complexity index is 1430. The van der Waals surface area contributed by atoms with Crippen molar-refractivity contribution in [3.05, 3.63) is 69.7 Å². The normalized spacial score (nSPS) is 17.1. The molecule has 4 rings (SSSR count). The molecule has 1 atom stereocenters. The molecule has 3 N–H and O–H groups in total. The first-order chi connectivity index (χ1) is 19.0. The second kappa shape index (κ2) is 12.1. The summed E-state index contributed by atoms with van der Waals surface area (Å²) >= 11 is 12.0. The SMILES string of the molecule is CNc1ncc(C(=O)N=C[C@@]2(C(=O)NCc3ncc(Nc4ccc(Cl)cc4C(F)(F)F)cc3Cl)CCOC2)cn1. The van der Waals surface area contributed by atoms with Crippen LogP contribution in [0.1, 0.15) is 28.0 Å². The molecule has 2 aromatic heterocycles. The number of benzene rings is 1. The lowest BCUT2D eigenvalue weighted by molar-refractivity contribution is -0.137. The zero-order valence-corrected chi connectivity index (χ0v) is 22.4. The van der Waals surface area contributed by atoms with E-state index in [1.807, 2.05) is 0 Å². The first kappa shape index (κ1) is 29.2. The van der Waals surface area contributed by atoms with Crippen LogP contribution in [0.5, 0.6) is 0 Å². The van der Waals surface area contributed by atoms with E-state index in [2.05, 4.69) is 35.9 Å². The van der Waals surface area contributed by atoms with Gasteiger partial charge in [0.05, 0.1) is 52.6 Å². The van der Waals surface area contributed by atoms with Gasteiger partial charge in [0.15, 0.2) is 0 Å². The lowest BCUT2D eigenvalue weighted by Gasteiger charge is -2.21. The van der Waals surface area contributed by atoms with E-state index >= 15 is 0 Å². The highest BCUT2D eigenvalue weighted by Gasteiger charge is 2.41. The first-order valence-corrected chi connectivity index (χ1v) is 12.5. The molecule has 15 heteroatoms. The van der Waals surface area contributed by atoms with E-state index in [0.29, 0.717) is 5.95 Å². The number of amides is 2. The molecule has 3 aromatic rings. The highest BCUT2D eigenvalue weighted by molar-refractivity contribution is 6.31. The van der Waals surface area contributed by atoms with Gasteiger partial charge in [0, 0.05) is 37.3 Å². The van der Waals surface area contributed by atoms with Crippen molar-refractivity contribution in [3.63, 3.8) is 0 Å². The van der Waals surface area contributed by atoms with E-state index in [4.69, 9.17) is 27.9 Å². The van der Waals surface area contributed by atoms with Gasteiger partial charge < -0.3 is 20.7 Å². The fourth-order valence-corrected chi connectivity index (χ4v) is 4.17. The lowest BCUT2D eigenvalue weighted by Crippen LogP contribution is -2.42. The molecule has 10 nitrogen and oxygen atoms in total. The maximum atomic E-state index is 13.4.